The lowest BCUT2D eigenvalue weighted by atomic mass is 10.0. The van der Waals surface area contributed by atoms with Crippen molar-refractivity contribution < 1.29 is 4.42 Å². The Kier molecular flexibility index (Phi) is 7.28. The average Bonchev–Trinajstić information content (AvgIpc) is 4.07. The van der Waals surface area contributed by atoms with Crippen LogP contribution >= 0.6 is 0 Å². The van der Waals surface area contributed by atoms with Crippen molar-refractivity contribution in [1.29, 1.82) is 0 Å². The number of fused-ring (bicyclic) bond motifs is 14. The maximum absolute atomic E-state index is 6.96. The quantitative estimate of drug-likeness (QED) is 0.157. The van der Waals surface area contributed by atoms with Crippen LogP contribution in [0.25, 0.3) is 127 Å². The fourth-order valence-corrected chi connectivity index (χ4v) is 9.97. The highest BCUT2D eigenvalue weighted by atomic mass is 16.3. The molecule has 290 valence electrons. The third-order valence-electron chi connectivity index (χ3n) is 12.6. The van der Waals surface area contributed by atoms with E-state index in [0.717, 1.165) is 49.8 Å². The van der Waals surface area contributed by atoms with E-state index in [-0.39, 0.29) is 0 Å². The largest absolute Gasteiger partial charge is 0.455 e. The SMILES string of the molecule is C=C/C=C(\C=C/C)c1nc(-c2ccccc2)nc(-c2ccc(-n3c4cc5c(cc4c4ccc6ccccc6c43)c3cccc4c6ccccc6n5c43)c3c2oc2ccccc23)n1. The second-order valence-electron chi connectivity index (χ2n) is 15.9. The molecule has 0 saturated carbocycles. The molecular formula is C56H35N5O. The summed E-state index contributed by atoms with van der Waals surface area (Å²) in [5.74, 6) is 1.65. The Morgan fingerprint density at radius 3 is 2.13 bits per heavy atom. The molecule has 8 aromatic carbocycles. The van der Waals surface area contributed by atoms with Gasteiger partial charge in [-0.1, -0.05) is 152 Å². The molecule has 0 bridgehead atoms. The van der Waals surface area contributed by atoms with Gasteiger partial charge in [0.1, 0.15) is 11.2 Å². The van der Waals surface area contributed by atoms with Crippen LogP contribution in [-0.4, -0.2) is 23.9 Å². The van der Waals surface area contributed by atoms with E-state index in [0.29, 0.717) is 23.1 Å². The molecule has 0 aliphatic rings. The van der Waals surface area contributed by atoms with E-state index >= 15 is 0 Å². The second-order valence-corrected chi connectivity index (χ2v) is 15.9. The lowest BCUT2D eigenvalue weighted by Gasteiger charge is -2.14. The standard InChI is InChI=1S/C56H35N5O/c1-3-15-34(16-4-2)54-57-55(35-18-6-5-7-19-35)59-56(58-54)42-29-30-46(50-41-22-11-13-26-49(41)62-53(42)50)61-48-32-47-43(31-44(48)40-28-27-33-17-8-9-20-36(33)51(40)61)39-24-14-23-38-37-21-10-12-25-45(37)60(47)52(38)39/h3-32H,1H2,2H3/b16-4-,34-15+. The second kappa shape index (κ2) is 13.1. The summed E-state index contributed by atoms with van der Waals surface area (Å²) >= 11 is 0. The van der Waals surface area contributed by atoms with Gasteiger partial charge in [0.15, 0.2) is 17.5 Å². The summed E-state index contributed by atoms with van der Waals surface area (Å²) < 4.78 is 11.9. The smallest absolute Gasteiger partial charge is 0.167 e. The minimum atomic E-state index is 0.524. The summed E-state index contributed by atoms with van der Waals surface area (Å²) in [6, 6.07) is 56.3. The summed E-state index contributed by atoms with van der Waals surface area (Å²) in [4.78, 5) is 15.3. The van der Waals surface area contributed by atoms with E-state index in [1.807, 2.05) is 67.6 Å². The Bertz CT molecular complexity index is 4070. The van der Waals surface area contributed by atoms with Crippen LogP contribution in [0.3, 0.4) is 0 Å². The summed E-state index contributed by atoms with van der Waals surface area (Å²) in [5.41, 5.74) is 10.9. The molecule has 0 fully saturated rings. The van der Waals surface area contributed by atoms with Crippen LogP contribution in [0.4, 0.5) is 0 Å². The number of nitrogens with zero attached hydrogens (tertiary/aromatic N) is 5. The molecule has 6 nitrogen and oxygen atoms in total. The number of aromatic nitrogens is 5. The molecule has 0 aliphatic heterocycles. The predicted molar refractivity (Wildman–Crippen MR) is 257 cm³/mol. The minimum absolute atomic E-state index is 0.524. The Labute approximate surface area is 355 Å². The molecule has 0 aliphatic carbocycles. The van der Waals surface area contributed by atoms with Crippen LogP contribution in [0.5, 0.6) is 0 Å². The van der Waals surface area contributed by atoms with Gasteiger partial charge in [0.05, 0.1) is 44.2 Å². The van der Waals surface area contributed by atoms with E-state index < -0.39 is 0 Å². The highest BCUT2D eigenvalue weighted by molar-refractivity contribution is 6.28. The zero-order chi connectivity index (χ0) is 41.1. The van der Waals surface area contributed by atoms with Crippen molar-refractivity contribution in [2.45, 2.75) is 6.92 Å². The monoisotopic (exact) mass is 793 g/mol. The Hall–Kier alpha value is -8.35. The zero-order valence-corrected chi connectivity index (χ0v) is 33.7. The molecule has 62 heavy (non-hydrogen) atoms. The zero-order valence-electron chi connectivity index (χ0n) is 33.7. The molecule has 0 radical (unpaired) electrons. The first-order valence-corrected chi connectivity index (χ1v) is 20.9. The van der Waals surface area contributed by atoms with Crippen molar-refractivity contribution in [1.82, 2.24) is 23.9 Å². The maximum atomic E-state index is 6.96. The molecular weight excluding hydrogens is 759 g/mol. The van der Waals surface area contributed by atoms with E-state index in [1.54, 1.807) is 6.08 Å². The molecule has 0 saturated heterocycles. The fraction of sp³-hybridized carbons (Fsp3) is 0.0179. The molecule has 0 atom stereocenters. The van der Waals surface area contributed by atoms with Crippen LogP contribution < -0.4 is 0 Å². The van der Waals surface area contributed by atoms with E-state index in [1.165, 1.54) is 59.6 Å². The topological polar surface area (TPSA) is 61.2 Å². The van der Waals surface area contributed by atoms with Gasteiger partial charge in [0.25, 0.3) is 0 Å². The highest BCUT2D eigenvalue weighted by Crippen LogP contribution is 2.46. The van der Waals surface area contributed by atoms with Gasteiger partial charge < -0.3 is 13.4 Å². The van der Waals surface area contributed by atoms with Crippen LogP contribution in [-0.2, 0) is 0 Å². The fourth-order valence-electron chi connectivity index (χ4n) is 9.97. The van der Waals surface area contributed by atoms with Crippen LogP contribution in [0.1, 0.15) is 12.7 Å². The van der Waals surface area contributed by atoms with Gasteiger partial charge >= 0.3 is 0 Å². The number of allylic oxidation sites excluding steroid dienone is 5. The van der Waals surface area contributed by atoms with Crippen molar-refractivity contribution in [3.05, 3.63) is 194 Å². The van der Waals surface area contributed by atoms with Gasteiger partial charge in [-0.2, -0.15) is 0 Å². The maximum Gasteiger partial charge on any atom is 0.167 e. The van der Waals surface area contributed by atoms with E-state index in [4.69, 9.17) is 19.4 Å². The number of hydrogen-bond donors (Lipinski definition) is 0. The minimum Gasteiger partial charge on any atom is -0.455 e. The van der Waals surface area contributed by atoms with Gasteiger partial charge in [0.2, 0.25) is 0 Å². The third kappa shape index (κ3) is 4.77. The number of benzene rings is 8. The number of para-hydroxylation sites is 3. The summed E-state index contributed by atoms with van der Waals surface area (Å²) in [7, 11) is 0. The Balaban J connectivity index is 1.17. The Morgan fingerprint density at radius 1 is 0.565 bits per heavy atom. The van der Waals surface area contributed by atoms with E-state index in [9.17, 15) is 0 Å². The molecule has 0 N–H and O–H groups in total. The Morgan fingerprint density at radius 2 is 1.27 bits per heavy atom. The molecule has 5 heterocycles. The van der Waals surface area contributed by atoms with Crippen molar-refractivity contribution in [3.8, 4) is 28.5 Å². The van der Waals surface area contributed by atoms with Crippen LogP contribution in [0, 0.1) is 0 Å². The molecule has 13 rings (SSSR count). The van der Waals surface area contributed by atoms with Crippen molar-refractivity contribution >= 4 is 98.2 Å². The molecule has 0 amide bonds. The molecule has 5 aromatic heterocycles. The summed E-state index contributed by atoms with van der Waals surface area (Å²) in [6.07, 6.45) is 7.67. The van der Waals surface area contributed by atoms with Crippen LogP contribution in [0.15, 0.2) is 193 Å². The number of hydrogen-bond acceptors (Lipinski definition) is 4. The molecule has 6 heteroatoms. The first-order chi connectivity index (χ1) is 30.7. The van der Waals surface area contributed by atoms with Gasteiger partial charge in [-0.15, -0.1) is 0 Å². The molecule has 0 spiro atoms. The first kappa shape index (κ1) is 34.5. The van der Waals surface area contributed by atoms with Crippen molar-refractivity contribution in [2.75, 3.05) is 0 Å². The van der Waals surface area contributed by atoms with Gasteiger partial charge in [-0.3, -0.25) is 0 Å². The lowest BCUT2D eigenvalue weighted by molar-refractivity contribution is 0.669. The van der Waals surface area contributed by atoms with Gasteiger partial charge in [-0.25, -0.2) is 15.0 Å². The number of furan rings is 1. The number of rotatable bonds is 6. The van der Waals surface area contributed by atoms with Crippen LogP contribution in [0.2, 0.25) is 0 Å². The highest BCUT2D eigenvalue weighted by Gasteiger charge is 2.25. The van der Waals surface area contributed by atoms with Crippen molar-refractivity contribution in [3.63, 3.8) is 0 Å². The van der Waals surface area contributed by atoms with Gasteiger partial charge in [0, 0.05) is 54.2 Å². The average molecular weight is 794 g/mol. The predicted octanol–water partition coefficient (Wildman–Crippen LogP) is 14.7. The normalized spacial score (nSPS) is 12.7. The van der Waals surface area contributed by atoms with Crippen molar-refractivity contribution in [2.24, 2.45) is 0 Å². The summed E-state index contributed by atoms with van der Waals surface area (Å²) in [6.45, 7) is 5.97. The van der Waals surface area contributed by atoms with E-state index in [2.05, 4.69) is 131 Å². The molecule has 13 aromatic rings. The molecule has 0 unspecified atom stereocenters. The summed E-state index contributed by atoms with van der Waals surface area (Å²) in [5, 5.41) is 11.8. The lowest BCUT2D eigenvalue weighted by Crippen LogP contribution is -2.03. The van der Waals surface area contributed by atoms with Gasteiger partial charge in [-0.05, 0) is 48.7 Å². The third-order valence-corrected chi connectivity index (χ3v) is 12.6. The first-order valence-electron chi connectivity index (χ1n) is 20.9.